The second-order valence-electron chi connectivity index (χ2n) is 4.71. The van der Waals surface area contributed by atoms with Crippen LogP contribution in [0.5, 0.6) is 0 Å². The monoisotopic (exact) mass is 185 g/mol. The Hall–Kier alpha value is -0.0800. The molecule has 0 saturated heterocycles. The summed E-state index contributed by atoms with van der Waals surface area (Å²) in [6.45, 7) is 6.87. The van der Waals surface area contributed by atoms with E-state index in [1.807, 2.05) is 13.8 Å². The maximum atomic E-state index is 9.78. The van der Waals surface area contributed by atoms with E-state index in [1.54, 1.807) is 0 Å². The smallest absolute Gasteiger partial charge is 0.0741 e. The van der Waals surface area contributed by atoms with Gasteiger partial charge in [0.1, 0.15) is 0 Å². The zero-order valence-electron chi connectivity index (χ0n) is 9.14. The van der Waals surface area contributed by atoms with Gasteiger partial charge in [0.2, 0.25) is 0 Å². The molecule has 0 aromatic heterocycles. The molecular weight excluding hydrogens is 162 g/mol. The van der Waals surface area contributed by atoms with Crippen LogP contribution < -0.4 is 5.32 Å². The van der Waals surface area contributed by atoms with Crippen molar-refractivity contribution in [3.05, 3.63) is 0 Å². The molecule has 0 aliphatic heterocycles. The normalized spacial score (nSPS) is 24.9. The van der Waals surface area contributed by atoms with E-state index in [9.17, 15) is 5.11 Å². The van der Waals surface area contributed by atoms with E-state index in [4.69, 9.17) is 0 Å². The van der Waals surface area contributed by atoms with E-state index in [2.05, 4.69) is 12.2 Å². The van der Waals surface area contributed by atoms with Crippen LogP contribution in [0.4, 0.5) is 0 Å². The van der Waals surface area contributed by atoms with Gasteiger partial charge in [-0.3, -0.25) is 0 Å². The summed E-state index contributed by atoms with van der Waals surface area (Å²) in [7, 11) is 0. The molecule has 78 valence electrons. The molecule has 1 rings (SSSR count). The summed E-state index contributed by atoms with van der Waals surface area (Å²) in [6, 6.07) is 0.576. The predicted molar refractivity (Wildman–Crippen MR) is 55.7 cm³/mol. The van der Waals surface area contributed by atoms with Crippen LogP contribution in [0.1, 0.15) is 46.5 Å². The van der Waals surface area contributed by atoms with Crippen LogP contribution in [0, 0.1) is 5.92 Å². The van der Waals surface area contributed by atoms with Crippen LogP contribution in [0.3, 0.4) is 0 Å². The van der Waals surface area contributed by atoms with E-state index >= 15 is 0 Å². The summed E-state index contributed by atoms with van der Waals surface area (Å²) in [5.41, 5.74) is -0.530. The van der Waals surface area contributed by atoms with Crippen LogP contribution in [-0.4, -0.2) is 23.3 Å². The Morgan fingerprint density at radius 1 is 1.54 bits per heavy atom. The fourth-order valence-electron chi connectivity index (χ4n) is 1.61. The Labute approximate surface area is 81.7 Å². The van der Waals surface area contributed by atoms with Gasteiger partial charge in [0.25, 0.3) is 0 Å². The molecule has 2 nitrogen and oxygen atoms in total. The molecular formula is C11H23NO. The van der Waals surface area contributed by atoms with Gasteiger partial charge in [0.15, 0.2) is 0 Å². The van der Waals surface area contributed by atoms with Gasteiger partial charge in [0, 0.05) is 12.6 Å². The molecule has 0 aromatic rings. The summed E-state index contributed by atoms with van der Waals surface area (Å²) >= 11 is 0. The van der Waals surface area contributed by atoms with Crippen LogP contribution in [0.15, 0.2) is 0 Å². The molecule has 0 heterocycles. The van der Waals surface area contributed by atoms with E-state index in [-0.39, 0.29) is 0 Å². The first-order valence-corrected chi connectivity index (χ1v) is 5.51. The molecule has 2 N–H and O–H groups in total. The fourth-order valence-corrected chi connectivity index (χ4v) is 1.61. The zero-order chi connectivity index (χ0) is 9.90. The Kier molecular flexibility index (Phi) is 3.74. The molecule has 1 aliphatic carbocycles. The Bertz CT molecular complexity index is 152. The van der Waals surface area contributed by atoms with Gasteiger partial charge in [-0.05, 0) is 39.0 Å². The minimum atomic E-state index is -0.530. The van der Waals surface area contributed by atoms with Crippen molar-refractivity contribution in [2.45, 2.75) is 58.1 Å². The van der Waals surface area contributed by atoms with Gasteiger partial charge in [0.05, 0.1) is 5.60 Å². The first kappa shape index (κ1) is 11.0. The maximum Gasteiger partial charge on any atom is 0.0741 e. The van der Waals surface area contributed by atoms with E-state index in [0.29, 0.717) is 6.04 Å². The average molecular weight is 185 g/mol. The van der Waals surface area contributed by atoms with E-state index in [1.165, 1.54) is 19.3 Å². The number of aliphatic hydroxyl groups is 1. The van der Waals surface area contributed by atoms with Crippen molar-refractivity contribution >= 4 is 0 Å². The van der Waals surface area contributed by atoms with Crippen molar-refractivity contribution in [3.8, 4) is 0 Å². The highest BCUT2D eigenvalue weighted by Crippen LogP contribution is 2.29. The molecule has 13 heavy (non-hydrogen) atoms. The van der Waals surface area contributed by atoms with Gasteiger partial charge < -0.3 is 10.4 Å². The van der Waals surface area contributed by atoms with Crippen molar-refractivity contribution in [1.29, 1.82) is 0 Å². The van der Waals surface area contributed by atoms with Crippen molar-refractivity contribution in [2.24, 2.45) is 5.92 Å². The predicted octanol–water partition coefficient (Wildman–Crippen LogP) is 1.93. The SMILES string of the molecule is CCC(C)(O)CNC(C)C1CCC1. The number of nitrogens with one attached hydrogen (secondary N) is 1. The van der Waals surface area contributed by atoms with Crippen molar-refractivity contribution in [2.75, 3.05) is 6.54 Å². The molecule has 2 unspecified atom stereocenters. The average Bonchev–Trinajstić information content (AvgIpc) is 1.98. The first-order valence-electron chi connectivity index (χ1n) is 5.51. The second kappa shape index (κ2) is 4.43. The minimum Gasteiger partial charge on any atom is -0.389 e. The number of hydrogen-bond acceptors (Lipinski definition) is 2. The highest BCUT2D eigenvalue weighted by atomic mass is 16.3. The quantitative estimate of drug-likeness (QED) is 0.686. The van der Waals surface area contributed by atoms with Gasteiger partial charge in [-0.25, -0.2) is 0 Å². The third-order valence-electron chi connectivity index (χ3n) is 3.42. The lowest BCUT2D eigenvalue weighted by Crippen LogP contribution is -2.45. The highest BCUT2D eigenvalue weighted by molar-refractivity contribution is 4.82. The second-order valence-corrected chi connectivity index (χ2v) is 4.71. The topological polar surface area (TPSA) is 32.3 Å². The third-order valence-corrected chi connectivity index (χ3v) is 3.42. The maximum absolute atomic E-state index is 9.78. The summed E-state index contributed by atoms with van der Waals surface area (Å²) in [4.78, 5) is 0. The van der Waals surface area contributed by atoms with Crippen LogP contribution >= 0.6 is 0 Å². The molecule has 0 spiro atoms. The summed E-state index contributed by atoms with van der Waals surface area (Å²) in [6.07, 6.45) is 4.93. The zero-order valence-corrected chi connectivity index (χ0v) is 9.14. The largest absolute Gasteiger partial charge is 0.389 e. The Morgan fingerprint density at radius 2 is 2.15 bits per heavy atom. The molecule has 1 fully saturated rings. The van der Waals surface area contributed by atoms with Gasteiger partial charge >= 0.3 is 0 Å². The highest BCUT2D eigenvalue weighted by Gasteiger charge is 2.25. The van der Waals surface area contributed by atoms with Crippen LogP contribution in [0.2, 0.25) is 0 Å². The molecule has 1 saturated carbocycles. The van der Waals surface area contributed by atoms with Crippen molar-refractivity contribution in [3.63, 3.8) is 0 Å². The molecule has 0 radical (unpaired) electrons. The van der Waals surface area contributed by atoms with E-state index < -0.39 is 5.60 Å². The molecule has 0 aromatic carbocycles. The van der Waals surface area contributed by atoms with Crippen molar-refractivity contribution in [1.82, 2.24) is 5.32 Å². The molecule has 0 amide bonds. The summed E-state index contributed by atoms with van der Waals surface area (Å²) < 4.78 is 0. The fraction of sp³-hybridized carbons (Fsp3) is 1.00. The third kappa shape index (κ3) is 3.28. The minimum absolute atomic E-state index is 0.530. The lowest BCUT2D eigenvalue weighted by atomic mass is 9.80. The summed E-state index contributed by atoms with van der Waals surface area (Å²) in [5, 5.41) is 13.2. The van der Waals surface area contributed by atoms with Crippen LogP contribution in [0.25, 0.3) is 0 Å². The lowest BCUT2D eigenvalue weighted by molar-refractivity contribution is 0.0487. The van der Waals surface area contributed by atoms with Gasteiger partial charge in [-0.2, -0.15) is 0 Å². The van der Waals surface area contributed by atoms with Gasteiger partial charge in [-0.1, -0.05) is 13.3 Å². The molecule has 0 bridgehead atoms. The Balaban J connectivity index is 2.17. The molecule has 1 aliphatic rings. The van der Waals surface area contributed by atoms with E-state index in [0.717, 1.165) is 18.9 Å². The van der Waals surface area contributed by atoms with Crippen LogP contribution in [-0.2, 0) is 0 Å². The van der Waals surface area contributed by atoms with Gasteiger partial charge in [-0.15, -0.1) is 0 Å². The number of hydrogen-bond donors (Lipinski definition) is 2. The van der Waals surface area contributed by atoms with Crippen molar-refractivity contribution < 1.29 is 5.11 Å². The number of rotatable bonds is 5. The standard InChI is InChI=1S/C11H23NO/c1-4-11(3,13)8-12-9(2)10-6-5-7-10/h9-10,12-13H,4-8H2,1-3H3. The summed E-state index contributed by atoms with van der Waals surface area (Å²) in [5.74, 6) is 0.854. The Morgan fingerprint density at radius 3 is 2.54 bits per heavy atom. The molecule has 2 heteroatoms. The molecule has 2 atom stereocenters. The first-order chi connectivity index (χ1) is 6.05. The lowest BCUT2D eigenvalue weighted by Gasteiger charge is -2.34.